The van der Waals surface area contributed by atoms with Gasteiger partial charge in [0.1, 0.15) is 7.29 Å². The van der Waals surface area contributed by atoms with E-state index in [1.54, 1.807) is 0 Å². The molecule has 1 aliphatic rings. The summed E-state index contributed by atoms with van der Waals surface area (Å²) < 4.78 is 0. The average molecular weight is 200 g/mol. The fourth-order valence-corrected chi connectivity index (χ4v) is 1.31. The van der Waals surface area contributed by atoms with E-state index in [0.717, 1.165) is 5.92 Å². The SMILES string of the molecule is CC1CCCCC1.Cl[P]Cl. The monoisotopic (exact) mass is 199 g/mol. The Kier molecular flexibility index (Phi) is 8.93. The number of halogens is 2. The second kappa shape index (κ2) is 8.11. The first kappa shape index (κ1) is 11.0. The summed E-state index contributed by atoms with van der Waals surface area (Å²) in [5, 5.41) is 0. The molecule has 0 saturated heterocycles. The van der Waals surface area contributed by atoms with Gasteiger partial charge in [-0.3, -0.25) is 0 Å². The summed E-state index contributed by atoms with van der Waals surface area (Å²) in [6, 6.07) is 0. The molecule has 1 saturated carbocycles. The molecule has 1 fully saturated rings. The van der Waals surface area contributed by atoms with E-state index in [0.29, 0.717) is 7.29 Å². The van der Waals surface area contributed by atoms with Crippen LogP contribution in [0.4, 0.5) is 0 Å². The number of hydrogen-bond donors (Lipinski definition) is 0. The minimum absolute atomic E-state index is 0.361. The van der Waals surface area contributed by atoms with Gasteiger partial charge in [-0.05, 0) is 5.92 Å². The summed E-state index contributed by atoms with van der Waals surface area (Å²) in [5.41, 5.74) is 0. The quantitative estimate of drug-likeness (QED) is 0.491. The van der Waals surface area contributed by atoms with Crippen LogP contribution in [0.3, 0.4) is 0 Å². The topological polar surface area (TPSA) is 0 Å². The van der Waals surface area contributed by atoms with Crippen LogP contribution in [0, 0.1) is 5.92 Å². The molecule has 0 spiro atoms. The highest BCUT2D eigenvalue weighted by Gasteiger charge is 2.05. The third-order valence-corrected chi connectivity index (χ3v) is 1.89. The van der Waals surface area contributed by atoms with Gasteiger partial charge in [-0.2, -0.15) is 0 Å². The van der Waals surface area contributed by atoms with Gasteiger partial charge in [0.15, 0.2) is 0 Å². The maximum atomic E-state index is 4.74. The Morgan fingerprint density at radius 3 is 1.70 bits per heavy atom. The lowest BCUT2D eigenvalue weighted by molar-refractivity contribution is 0.385. The standard InChI is InChI=1S/C7H14.Cl2P/c1-7-5-3-2-4-6-7;1-3-2/h7H,2-6H2,1H3;. The minimum Gasteiger partial charge on any atom is -0.0704 e. The van der Waals surface area contributed by atoms with Crippen molar-refractivity contribution in [1.29, 1.82) is 0 Å². The molecule has 0 bridgehead atoms. The van der Waals surface area contributed by atoms with E-state index in [1.807, 2.05) is 0 Å². The highest BCUT2D eigenvalue weighted by atomic mass is 35.9. The summed E-state index contributed by atoms with van der Waals surface area (Å²) >= 11 is 9.47. The van der Waals surface area contributed by atoms with Gasteiger partial charge in [0.25, 0.3) is 0 Å². The largest absolute Gasteiger partial charge is 0.141 e. The number of hydrogen-bond acceptors (Lipinski definition) is 0. The molecule has 0 aliphatic heterocycles. The smallest absolute Gasteiger partial charge is 0.0704 e. The zero-order chi connectivity index (χ0) is 7.82. The molecule has 0 unspecified atom stereocenters. The van der Waals surface area contributed by atoms with Crippen LogP contribution in [-0.4, -0.2) is 0 Å². The molecule has 0 aromatic carbocycles. The maximum absolute atomic E-state index is 4.74. The van der Waals surface area contributed by atoms with Crippen LogP contribution in [0.15, 0.2) is 0 Å². The second-order valence-electron chi connectivity index (χ2n) is 2.81. The van der Waals surface area contributed by atoms with Crippen LogP contribution in [0.25, 0.3) is 0 Å². The van der Waals surface area contributed by atoms with Crippen molar-refractivity contribution in [1.82, 2.24) is 0 Å². The van der Waals surface area contributed by atoms with Gasteiger partial charge in [-0.15, -0.1) is 0 Å². The van der Waals surface area contributed by atoms with Gasteiger partial charge < -0.3 is 0 Å². The Labute approximate surface area is 75.0 Å². The normalized spacial score (nSPS) is 19.5. The van der Waals surface area contributed by atoms with E-state index in [9.17, 15) is 0 Å². The highest BCUT2D eigenvalue weighted by molar-refractivity contribution is 7.90. The minimum atomic E-state index is 0.361. The van der Waals surface area contributed by atoms with Crippen LogP contribution < -0.4 is 0 Å². The molecule has 10 heavy (non-hydrogen) atoms. The second-order valence-corrected chi connectivity index (χ2v) is 4.47. The Bertz CT molecular complexity index is 62.6. The molecule has 0 aromatic rings. The first-order valence-electron chi connectivity index (χ1n) is 3.73. The lowest BCUT2D eigenvalue weighted by Gasteiger charge is -2.15. The van der Waals surface area contributed by atoms with Crippen LogP contribution in [0.5, 0.6) is 0 Å². The van der Waals surface area contributed by atoms with E-state index in [4.69, 9.17) is 22.5 Å². The van der Waals surface area contributed by atoms with Gasteiger partial charge in [0.05, 0.1) is 0 Å². The van der Waals surface area contributed by atoms with Crippen molar-refractivity contribution >= 4 is 29.8 Å². The first-order chi connectivity index (χ1) is 4.81. The molecule has 1 aliphatic carbocycles. The van der Waals surface area contributed by atoms with E-state index < -0.39 is 0 Å². The van der Waals surface area contributed by atoms with E-state index in [2.05, 4.69) is 6.92 Å². The van der Waals surface area contributed by atoms with Gasteiger partial charge in [0, 0.05) is 0 Å². The maximum Gasteiger partial charge on any atom is 0.141 e. The average Bonchev–Trinajstić information content (AvgIpc) is 1.91. The van der Waals surface area contributed by atoms with Crippen molar-refractivity contribution < 1.29 is 0 Å². The van der Waals surface area contributed by atoms with Crippen LogP contribution >= 0.6 is 29.8 Å². The van der Waals surface area contributed by atoms with Crippen molar-refractivity contribution in [3.8, 4) is 0 Å². The van der Waals surface area contributed by atoms with Crippen molar-refractivity contribution in [2.75, 3.05) is 0 Å². The number of rotatable bonds is 0. The van der Waals surface area contributed by atoms with E-state index >= 15 is 0 Å². The molecule has 61 valence electrons. The first-order valence-corrected chi connectivity index (χ1v) is 6.44. The van der Waals surface area contributed by atoms with Crippen LogP contribution in [0.2, 0.25) is 0 Å². The molecule has 0 heterocycles. The third-order valence-electron chi connectivity index (χ3n) is 1.89. The van der Waals surface area contributed by atoms with Gasteiger partial charge in [0.2, 0.25) is 0 Å². The fraction of sp³-hybridized carbons (Fsp3) is 1.00. The zero-order valence-electron chi connectivity index (χ0n) is 6.32. The lowest BCUT2D eigenvalue weighted by Crippen LogP contribution is -1.99. The molecule has 0 aromatic heterocycles. The molecule has 3 heteroatoms. The molecule has 0 atom stereocenters. The molecule has 1 radical (unpaired) electrons. The van der Waals surface area contributed by atoms with Crippen molar-refractivity contribution in [3.63, 3.8) is 0 Å². The molecule has 0 N–H and O–H groups in total. The third kappa shape index (κ3) is 7.12. The molecule has 1 rings (SSSR count). The summed E-state index contributed by atoms with van der Waals surface area (Å²) in [7, 11) is 0.361. The lowest BCUT2D eigenvalue weighted by atomic mass is 9.91. The summed E-state index contributed by atoms with van der Waals surface area (Å²) in [6.07, 6.45) is 7.44. The zero-order valence-corrected chi connectivity index (χ0v) is 8.72. The predicted octanol–water partition coefficient (Wildman–Crippen LogP) is 4.83. The Morgan fingerprint density at radius 1 is 1.10 bits per heavy atom. The van der Waals surface area contributed by atoms with Crippen LogP contribution in [0.1, 0.15) is 39.0 Å². The molecular weight excluding hydrogens is 186 g/mol. The molecular formula is C7H14Cl2P. The Morgan fingerprint density at radius 2 is 1.50 bits per heavy atom. The highest BCUT2D eigenvalue weighted by Crippen LogP contribution is 2.22. The fourth-order valence-electron chi connectivity index (χ4n) is 1.31. The molecule has 0 amide bonds. The molecule has 0 nitrogen and oxygen atoms in total. The van der Waals surface area contributed by atoms with Crippen molar-refractivity contribution in [2.45, 2.75) is 39.0 Å². The summed E-state index contributed by atoms with van der Waals surface area (Å²) in [5.74, 6) is 1.04. The Balaban J connectivity index is 0.000000236. The van der Waals surface area contributed by atoms with Crippen LogP contribution in [-0.2, 0) is 0 Å². The van der Waals surface area contributed by atoms with Crippen molar-refractivity contribution in [2.24, 2.45) is 5.92 Å². The predicted molar refractivity (Wildman–Crippen MR) is 50.9 cm³/mol. The van der Waals surface area contributed by atoms with E-state index in [-0.39, 0.29) is 0 Å². The Hall–Kier alpha value is 1.01. The van der Waals surface area contributed by atoms with Gasteiger partial charge in [-0.25, -0.2) is 0 Å². The summed E-state index contributed by atoms with van der Waals surface area (Å²) in [6.45, 7) is 2.36. The van der Waals surface area contributed by atoms with Crippen molar-refractivity contribution in [3.05, 3.63) is 0 Å². The summed E-state index contributed by atoms with van der Waals surface area (Å²) in [4.78, 5) is 0. The van der Waals surface area contributed by atoms with Gasteiger partial charge in [-0.1, -0.05) is 61.5 Å². The van der Waals surface area contributed by atoms with Gasteiger partial charge >= 0.3 is 0 Å². The van der Waals surface area contributed by atoms with E-state index in [1.165, 1.54) is 32.1 Å².